The van der Waals surface area contributed by atoms with Crippen LogP contribution in [-0.4, -0.2) is 17.2 Å². The molecule has 4 heteroatoms. The Kier molecular flexibility index (Phi) is 6.25. The van der Waals surface area contributed by atoms with Crippen LogP contribution in [0, 0.1) is 19.8 Å². The highest BCUT2D eigenvalue weighted by Gasteiger charge is 2.21. The molecule has 122 valence electrons. The number of hydroxylamine groups is 1. The second-order valence-electron chi connectivity index (χ2n) is 6.57. The lowest BCUT2D eigenvalue weighted by Gasteiger charge is -2.25. The van der Waals surface area contributed by atoms with E-state index in [1.165, 1.54) is 32.1 Å². The van der Waals surface area contributed by atoms with E-state index < -0.39 is 0 Å². The summed E-state index contributed by atoms with van der Waals surface area (Å²) in [6.07, 6.45) is 8.31. The predicted octanol–water partition coefficient (Wildman–Crippen LogP) is 3.95. The quantitative estimate of drug-likeness (QED) is 0.551. The summed E-state index contributed by atoms with van der Waals surface area (Å²) >= 11 is 0. The molecule has 1 fully saturated rings. The van der Waals surface area contributed by atoms with Gasteiger partial charge < -0.3 is 5.32 Å². The van der Waals surface area contributed by atoms with Crippen molar-refractivity contribution in [3.8, 4) is 0 Å². The van der Waals surface area contributed by atoms with E-state index in [9.17, 15) is 4.79 Å². The van der Waals surface area contributed by atoms with Crippen LogP contribution in [0.1, 0.15) is 56.1 Å². The molecule has 0 saturated heterocycles. The Hall–Kier alpha value is -1.55. The summed E-state index contributed by atoms with van der Waals surface area (Å²) in [4.78, 5) is 12.0. The van der Waals surface area contributed by atoms with E-state index in [0.29, 0.717) is 0 Å². The van der Waals surface area contributed by atoms with E-state index in [2.05, 4.69) is 11.4 Å². The molecule has 1 amide bonds. The highest BCUT2D eigenvalue weighted by molar-refractivity contribution is 5.83. The third-order valence-electron chi connectivity index (χ3n) is 4.74. The fourth-order valence-corrected chi connectivity index (χ4v) is 3.30. The number of amides is 1. The zero-order valence-electron chi connectivity index (χ0n) is 13.7. The number of carbonyl (C=O) groups is 1. The largest absolute Gasteiger partial charge is 0.373 e. The van der Waals surface area contributed by atoms with Gasteiger partial charge in [0, 0.05) is 5.69 Å². The van der Waals surface area contributed by atoms with Gasteiger partial charge in [-0.25, -0.2) is 5.48 Å². The first-order chi connectivity index (χ1) is 10.6. The average molecular weight is 304 g/mol. The topological polar surface area (TPSA) is 61.4 Å². The van der Waals surface area contributed by atoms with Crippen molar-refractivity contribution in [1.29, 1.82) is 0 Å². The third-order valence-corrected chi connectivity index (χ3v) is 4.74. The fraction of sp³-hybridized carbons (Fsp3) is 0.611. The van der Waals surface area contributed by atoms with Gasteiger partial charge in [-0.2, -0.15) is 0 Å². The molecule has 0 spiro atoms. The summed E-state index contributed by atoms with van der Waals surface area (Å²) < 4.78 is 0. The van der Waals surface area contributed by atoms with Crippen molar-refractivity contribution in [1.82, 2.24) is 5.48 Å². The smallest absolute Gasteiger partial charge is 0.265 e. The number of carbonyl (C=O) groups excluding carboxylic acids is 1. The van der Waals surface area contributed by atoms with Crippen LogP contribution in [-0.2, 0) is 4.79 Å². The SMILES string of the molecule is Cc1ccc(C)c(N[C@@H](CCC2CCCCC2)C(=O)NO)c1. The highest BCUT2D eigenvalue weighted by Crippen LogP contribution is 2.28. The molecule has 0 radical (unpaired) electrons. The van der Waals surface area contributed by atoms with Crippen LogP contribution < -0.4 is 10.8 Å². The maximum absolute atomic E-state index is 12.0. The molecule has 1 aromatic rings. The molecule has 0 aliphatic heterocycles. The number of hydrogen-bond donors (Lipinski definition) is 3. The van der Waals surface area contributed by atoms with Gasteiger partial charge in [0.15, 0.2) is 0 Å². The predicted molar refractivity (Wildman–Crippen MR) is 89.1 cm³/mol. The van der Waals surface area contributed by atoms with Gasteiger partial charge >= 0.3 is 0 Å². The van der Waals surface area contributed by atoms with E-state index in [1.54, 1.807) is 5.48 Å². The normalized spacial score (nSPS) is 17.0. The van der Waals surface area contributed by atoms with Gasteiger partial charge in [-0.15, -0.1) is 0 Å². The van der Waals surface area contributed by atoms with Crippen LogP contribution in [0.3, 0.4) is 0 Å². The molecule has 0 aromatic heterocycles. The molecule has 1 aliphatic rings. The lowest BCUT2D eigenvalue weighted by atomic mass is 9.85. The van der Waals surface area contributed by atoms with Gasteiger partial charge in [0.2, 0.25) is 0 Å². The van der Waals surface area contributed by atoms with Crippen LogP contribution in [0.25, 0.3) is 0 Å². The lowest BCUT2D eigenvalue weighted by Crippen LogP contribution is -2.38. The third kappa shape index (κ3) is 4.73. The monoisotopic (exact) mass is 304 g/mol. The number of rotatable bonds is 6. The van der Waals surface area contributed by atoms with Gasteiger partial charge in [0.25, 0.3) is 5.91 Å². The van der Waals surface area contributed by atoms with Crippen molar-refractivity contribution >= 4 is 11.6 Å². The van der Waals surface area contributed by atoms with Crippen molar-refractivity contribution in [3.63, 3.8) is 0 Å². The van der Waals surface area contributed by atoms with E-state index in [4.69, 9.17) is 5.21 Å². The summed E-state index contributed by atoms with van der Waals surface area (Å²) in [7, 11) is 0. The fourth-order valence-electron chi connectivity index (χ4n) is 3.30. The van der Waals surface area contributed by atoms with Crippen LogP contribution in [0.4, 0.5) is 5.69 Å². The van der Waals surface area contributed by atoms with Crippen LogP contribution >= 0.6 is 0 Å². The number of hydrogen-bond acceptors (Lipinski definition) is 3. The molecule has 22 heavy (non-hydrogen) atoms. The average Bonchev–Trinajstić information content (AvgIpc) is 2.54. The number of aryl methyl sites for hydroxylation is 2. The van der Waals surface area contributed by atoms with Crippen molar-refractivity contribution in [2.45, 2.75) is 64.8 Å². The highest BCUT2D eigenvalue weighted by atomic mass is 16.5. The zero-order chi connectivity index (χ0) is 15.9. The Balaban J connectivity index is 1.99. The summed E-state index contributed by atoms with van der Waals surface area (Å²) in [6.45, 7) is 4.06. The zero-order valence-corrected chi connectivity index (χ0v) is 13.7. The molecular formula is C18H28N2O2. The van der Waals surface area contributed by atoms with Gasteiger partial charge in [0.05, 0.1) is 0 Å². The first-order valence-electron chi connectivity index (χ1n) is 8.38. The minimum Gasteiger partial charge on any atom is -0.373 e. The molecule has 3 N–H and O–H groups in total. The van der Waals surface area contributed by atoms with Crippen molar-refractivity contribution in [2.24, 2.45) is 5.92 Å². The molecule has 0 unspecified atom stereocenters. The van der Waals surface area contributed by atoms with Gasteiger partial charge in [-0.3, -0.25) is 10.0 Å². The molecule has 0 heterocycles. The Bertz CT molecular complexity index is 496. The Labute approximate surface area is 133 Å². The maximum atomic E-state index is 12.0. The molecule has 1 aliphatic carbocycles. The molecule has 1 saturated carbocycles. The second-order valence-corrected chi connectivity index (χ2v) is 6.57. The number of benzene rings is 1. The summed E-state index contributed by atoms with van der Waals surface area (Å²) in [5, 5.41) is 12.3. The van der Waals surface area contributed by atoms with E-state index in [1.807, 2.05) is 26.0 Å². The molecule has 4 nitrogen and oxygen atoms in total. The molecular weight excluding hydrogens is 276 g/mol. The van der Waals surface area contributed by atoms with E-state index in [-0.39, 0.29) is 11.9 Å². The van der Waals surface area contributed by atoms with Gasteiger partial charge in [-0.05, 0) is 49.8 Å². The standard InChI is InChI=1S/C18H28N2O2/c1-13-8-9-14(2)17(12-13)19-16(18(21)20-22)11-10-15-6-4-3-5-7-15/h8-9,12,15-16,19,22H,3-7,10-11H2,1-2H3,(H,20,21)/t16-/m0/s1. The summed E-state index contributed by atoms with van der Waals surface area (Å²) in [5.74, 6) is 0.375. The Morgan fingerprint density at radius 2 is 2.00 bits per heavy atom. The number of anilines is 1. The molecule has 1 aromatic carbocycles. The minimum atomic E-state index is -0.382. The van der Waals surface area contributed by atoms with Crippen LogP contribution in [0.2, 0.25) is 0 Å². The summed E-state index contributed by atoms with van der Waals surface area (Å²) in [5.41, 5.74) is 5.04. The first kappa shape index (κ1) is 16.8. The first-order valence-corrected chi connectivity index (χ1v) is 8.38. The van der Waals surface area contributed by atoms with Crippen molar-refractivity contribution in [3.05, 3.63) is 29.3 Å². The molecule has 1 atom stereocenters. The van der Waals surface area contributed by atoms with Gasteiger partial charge in [0.1, 0.15) is 6.04 Å². The molecule has 0 bridgehead atoms. The van der Waals surface area contributed by atoms with Crippen molar-refractivity contribution < 1.29 is 10.0 Å². The lowest BCUT2D eigenvalue weighted by molar-refractivity contribution is -0.130. The van der Waals surface area contributed by atoms with Crippen LogP contribution in [0.15, 0.2) is 18.2 Å². The number of nitrogens with one attached hydrogen (secondary N) is 2. The maximum Gasteiger partial charge on any atom is 0.265 e. The summed E-state index contributed by atoms with van der Waals surface area (Å²) in [6, 6.07) is 5.77. The van der Waals surface area contributed by atoms with Crippen LogP contribution in [0.5, 0.6) is 0 Å². The van der Waals surface area contributed by atoms with E-state index in [0.717, 1.165) is 35.6 Å². The Morgan fingerprint density at radius 3 is 2.68 bits per heavy atom. The minimum absolute atomic E-state index is 0.350. The van der Waals surface area contributed by atoms with Gasteiger partial charge in [-0.1, -0.05) is 44.2 Å². The van der Waals surface area contributed by atoms with Crippen molar-refractivity contribution in [2.75, 3.05) is 5.32 Å². The molecule has 2 rings (SSSR count). The van der Waals surface area contributed by atoms with E-state index >= 15 is 0 Å². The second kappa shape index (κ2) is 8.18. The Morgan fingerprint density at radius 1 is 1.27 bits per heavy atom.